The minimum atomic E-state index is -0.605. The highest BCUT2D eigenvalue weighted by Gasteiger charge is 2.47. The largest absolute Gasteiger partial charge is 0.374 e. The zero-order valence-corrected chi connectivity index (χ0v) is 29.8. The fraction of sp³-hybridized carbons (Fsp3) is 0.174. The lowest BCUT2D eigenvalue weighted by Crippen LogP contribution is -2.37. The number of carbonyl (C=O) groups excluding carboxylic acids is 2. The van der Waals surface area contributed by atoms with Crippen LogP contribution in [0.4, 0.5) is 11.4 Å². The van der Waals surface area contributed by atoms with Gasteiger partial charge in [-0.1, -0.05) is 133 Å². The Labute approximate surface area is 315 Å². The molecule has 1 heterocycles. The van der Waals surface area contributed by atoms with Crippen molar-refractivity contribution in [3.05, 3.63) is 203 Å². The van der Waals surface area contributed by atoms with Crippen LogP contribution < -0.4 is 10.6 Å². The third-order valence-corrected chi connectivity index (χ3v) is 9.21. The van der Waals surface area contributed by atoms with Crippen molar-refractivity contribution in [2.45, 2.75) is 44.2 Å². The predicted molar refractivity (Wildman–Crippen MR) is 209 cm³/mol. The van der Waals surface area contributed by atoms with Crippen LogP contribution in [0.5, 0.6) is 0 Å². The quantitative estimate of drug-likeness (QED) is 0.110. The highest BCUT2D eigenvalue weighted by molar-refractivity contribution is 6.10. The summed E-state index contributed by atoms with van der Waals surface area (Å²) >= 11 is 0. The van der Waals surface area contributed by atoms with Crippen molar-refractivity contribution in [2.24, 2.45) is 0 Å². The van der Waals surface area contributed by atoms with E-state index in [1.165, 1.54) is 0 Å². The summed E-state index contributed by atoms with van der Waals surface area (Å²) in [4.78, 5) is 26.8. The first kappa shape index (κ1) is 36.5. The molecule has 0 radical (unpaired) electrons. The van der Waals surface area contributed by atoms with Crippen molar-refractivity contribution in [3.63, 3.8) is 0 Å². The second-order valence-electron chi connectivity index (χ2n) is 13.1. The van der Waals surface area contributed by atoms with Crippen LogP contribution in [-0.2, 0) is 38.8 Å². The number of benzene rings is 6. The van der Waals surface area contributed by atoms with Crippen molar-refractivity contribution in [2.75, 3.05) is 17.2 Å². The van der Waals surface area contributed by atoms with Gasteiger partial charge in [0.1, 0.15) is 24.4 Å². The average molecular weight is 719 g/mol. The Bertz CT molecular complexity index is 2080. The number of amides is 2. The molecule has 0 aliphatic carbocycles. The van der Waals surface area contributed by atoms with Gasteiger partial charge in [-0.25, -0.2) is 0 Å². The Morgan fingerprint density at radius 1 is 0.500 bits per heavy atom. The summed E-state index contributed by atoms with van der Waals surface area (Å²) in [6, 6.07) is 53.4. The molecule has 0 aromatic heterocycles. The molecular formula is C46H42N2O6. The number of nitrogens with one attached hydrogen (secondary N) is 2. The Kier molecular flexibility index (Phi) is 12.3. The molecule has 7 rings (SSSR count). The lowest BCUT2D eigenvalue weighted by Gasteiger charge is -2.26. The van der Waals surface area contributed by atoms with E-state index < -0.39 is 24.4 Å². The molecule has 6 aromatic rings. The zero-order valence-electron chi connectivity index (χ0n) is 29.8. The summed E-state index contributed by atoms with van der Waals surface area (Å²) in [5, 5.41) is 6.02. The van der Waals surface area contributed by atoms with E-state index in [1.54, 1.807) is 54.6 Å². The molecule has 1 aliphatic heterocycles. The summed E-state index contributed by atoms with van der Waals surface area (Å²) in [6.45, 7) is 1.36. The van der Waals surface area contributed by atoms with E-state index in [0.717, 1.165) is 22.3 Å². The minimum absolute atomic E-state index is 0.263. The molecule has 1 aliphatic rings. The van der Waals surface area contributed by atoms with Gasteiger partial charge in [0.15, 0.2) is 0 Å². The van der Waals surface area contributed by atoms with Crippen molar-refractivity contribution in [3.8, 4) is 0 Å². The summed E-state index contributed by atoms with van der Waals surface area (Å²) < 4.78 is 26.5. The number of rotatable bonds is 15. The van der Waals surface area contributed by atoms with E-state index in [0.29, 0.717) is 42.3 Å². The molecule has 6 aromatic carbocycles. The molecule has 0 bridgehead atoms. The van der Waals surface area contributed by atoms with E-state index >= 15 is 0 Å². The van der Waals surface area contributed by atoms with Crippen molar-refractivity contribution < 1.29 is 28.5 Å². The molecule has 0 spiro atoms. The SMILES string of the molecule is O=C(Nc1ccc([C@@H]2O[C@H](COCc3ccccc3)[C@@H](OCc3ccccc3)[C@H]2OCc2ccccc2)cc1NC(=O)c1ccccc1)c1ccccc1. The molecule has 2 amide bonds. The standard InChI is InChI=1S/C46H42N2O6/c49-45(36-22-12-4-13-23-36)47-39-27-26-38(28-40(39)48-46(50)37-24-14-5-15-25-37)42-44(53-31-35-20-10-3-11-21-35)43(52-30-34-18-8-2-9-19-34)41(54-42)32-51-29-33-16-6-1-7-17-33/h1-28,41-44H,29-32H2,(H,47,49)(H,48,50)/t41-,42+,43-,44+/m1/s1. The van der Waals surface area contributed by atoms with Gasteiger partial charge in [0.2, 0.25) is 0 Å². The molecule has 0 unspecified atom stereocenters. The Balaban J connectivity index is 1.22. The maximum absolute atomic E-state index is 13.5. The molecule has 1 saturated heterocycles. The van der Waals surface area contributed by atoms with Crippen LogP contribution in [0.3, 0.4) is 0 Å². The van der Waals surface area contributed by atoms with Gasteiger partial charge in [-0.05, 0) is 58.7 Å². The third-order valence-electron chi connectivity index (χ3n) is 9.21. The number of hydrogen-bond donors (Lipinski definition) is 2. The predicted octanol–water partition coefficient (Wildman–Crippen LogP) is 9.02. The molecule has 4 atom stereocenters. The summed E-state index contributed by atoms with van der Waals surface area (Å²) in [5.74, 6) is -0.617. The number of hydrogen-bond acceptors (Lipinski definition) is 6. The fourth-order valence-electron chi connectivity index (χ4n) is 6.43. The van der Waals surface area contributed by atoms with Crippen LogP contribution in [0, 0.1) is 0 Å². The molecule has 54 heavy (non-hydrogen) atoms. The second-order valence-corrected chi connectivity index (χ2v) is 13.1. The molecule has 1 fully saturated rings. The van der Waals surface area contributed by atoms with Gasteiger partial charge in [-0.3, -0.25) is 9.59 Å². The van der Waals surface area contributed by atoms with E-state index in [9.17, 15) is 9.59 Å². The van der Waals surface area contributed by atoms with Gasteiger partial charge in [0.25, 0.3) is 11.8 Å². The van der Waals surface area contributed by atoms with E-state index in [-0.39, 0.29) is 18.4 Å². The van der Waals surface area contributed by atoms with Gasteiger partial charge in [-0.2, -0.15) is 0 Å². The van der Waals surface area contributed by atoms with Gasteiger partial charge in [0.05, 0.1) is 37.8 Å². The molecule has 8 nitrogen and oxygen atoms in total. The average Bonchev–Trinajstić information content (AvgIpc) is 3.58. The Morgan fingerprint density at radius 3 is 1.46 bits per heavy atom. The molecule has 2 N–H and O–H groups in total. The molecule has 8 heteroatoms. The number of anilines is 2. The van der Waals surface area contributed by atoms with Crippen LogP contribution >= 0.6 is 0 Å². The third kappa shape index (κ3) is 9.55. The Morgan fingerprint density at radius 2 is 0.944 bits per heavy atom. The Hall–Kier alpha value is -5.90. The topological polar surface area (TPSA) is 95.1 Å². The maximum atomic E-state index is 13.5. The first-order chi connectivity index (χ1) is 26.6. The van der Waals surface area contributed by atoms with Gasteiger partial charge >= 0.3 is 0 Å². The van der Waals surface area contributed by atoms with Crippen molar-refractivity contribution in [1.29, 1.82) is 0 Å². The molecule has 272 valence electrons. The zero-order chi connectivity index (χ0) is 37.0. The minimum Gasteiger partial charge on any atom is -0.374 e. The van der Waals surface area contributed by atoms with Crippen LogP contribution in [0.25, 0.3) is 0 Å². The first-order valence-electron chi connectivity index (χ1n) is 18.1. The van der Waals surface area contributed by atoms with Crippen LogP contribution in [-0.4, -0.2) is 36.7 Å². The highest BCUT2D eigenvalue weighted by Crippen LogP contribution is 2.40. The summed E-state index contributed by atoms with van der Waals surface area (Å²) in [5.41, 5.74) is 5.66. The lowest BCUT2D eigenvalue weighted by atomic mass is 9.99. The van der Waals surface area contributed by atoms with Crippen LogP contribution in [0.15, 0.2) is 170 Å². The first-order valence-corrected chi connectivity index (χ1v) is 18.1. The van der Waals surface area contributed by atoms with Crippen LogP contribution in [0.2, 0.25) is 0 Å². The van der Waals surface area contributed by atoms with Gasteiger partial charge in [0, 0.05) is 11.1 Å². The van der Waals surface area contributed by atoms with Gasteiger partial charge in [-0.15, -0.1) is 0 Å². The number of carbonyl (C=O) groups is 2. The fourth-order valence-corrected chi connectivity index (χ4v) is 6.43. The summed E-state index contributed by atoms with van der Waals surface area (Å²) in [6.07, 6.45) is -2.15. The second kappa shape index (κ2) is 18.2. The van der Waals surface area contributed by atoms with Crippen molar-refractivity contribution in [1.82, 2.24) is 0 Å². The number of ether oxygens (including phenoxy) is 4. The van der Waals surface area contributed by atoms with E-state index in [1.807, 2.05) is 115 Å². The van der Waals surface area contributed by atoms with Crippen molar-refractivity contribution >= 4 is 23.2 Å². The maximum Gasteiger partial charge on any atom is 0.255 e. The lowest BCUT2D eigenvalue weighted by molar-refractivity contribution is -0.0898. The monoisotopic (exact) mass is 718 g/mol. The smallest absolute Gasteiger partial charge is 0.255 e. The normalized spacial score (nSPS) is 17.9. The van der Waals surface area contributed by atoms with Crippen LogP contribution in [0.1, 0.15) is 49.1 Å². The van der Waals surface area contributed by atoms with Gasteiger partial charge < -0.3 is 29.6 Å². The van der Waals surface area contributed by atoms with E-state index in [4.69, 9.17) is 18.9 Å². The molecular weight excluding hydrogens is 677 g/mol. The molecule has 0 saturated carbocycles. The summed E-state index contributed by atoms with van der Waals surface area (Å²) in [7, 11) is 0. The highest BCUT2D eigenvalue weighted by atomic mass is 16.6. The van der Waals surface area contributed by atoms with E-state index in [2.05, 4.69) is 10.6 Å².